The van der Waals surface area contributed by atoms with Gasteiger partial charge >= 0.3 is 0 Å². The third-order valence-electron chi connectivity index (χ3n) is 4.41. The predicted octanol–water partition coefficient (Wildman–Crippen LogP) is 1.41. The van der Waals surface area contributed by atoms with Gasteiger partial charge in [-0.25, -0.2) is 0 Å². The van der Waals surface area contributed by atoms with E-state index in [0.717, 1.165) is 0 Å². The van der Waals surface area contributed by atoms with Gasteiger partial charge in [0.2, 0.25) is 0 Å². The zero-order valence-corrected chi connectivity index (χ0v) is 15.9. The summed E-state index contributed by atoms with van der Waals surface area (Å²) in [4.78, 5) is 0. The number of fused-ring (bicyclic) bond motifs is 1. The molecule has 0 aromatic carbocycles. The quantitative estimate of drug-likeness (QED) is 0.497. The summed E-state index contributed by atoms with van der Waals surface area (Å²) < 4.78 is 46.2. The van der Waals surface area contributed by atoms with Crippen LogP contribution in [0.3, 0.4) is 0 Å². The van der Waals surface area contributed by atoms with Crippen molar-refractivity contribution in [3.05, 3.63) is 0 Å². The van der Waals surface area contributed by atoms with Crippen LogP contribution in [-0.4, -0.2) is 75.5 Å². The first-order valence-electron chi connectivity index (χ1n) is 8.80. The second-order valence-corrected chi connectivity index (χ2v) is 7.47. The van der Waals surface area contributed by atoms with E-state index in [1.54, 1.807) is 7.11 Å². The van der Waals surface area contributed by atoms with Crippen molar-refractivity contribution in [2.75, 3.05) is 26.9 Å². The van der Waals surface area contributed by atoms with Crippen LogP contribution in [0.25, 0.3) is 0 Å². The van der Waals surface area contributed by atoms with Crippen LogP contribution in [0.5, 0.6) is 0 Å². The second-order valence-electron chi connectivity index (χ2n) is 7.47. The molecule has 0 aromatic heterocycles. The number of hydrogen-bond donors (Lipinski definition) is 0. The highest BCUT2D eigenvalue weighted by atomic mass is 16.8. The Hall–Kier alpha value is -0.320. The fourth-order valence-electron chi connectivity index (χ4n) is 3.40. The molecule has 3 heterocycles. The Morgan fingerprint density at radius 3 is 2.32 bits per heavy atom. The molecule has 6 unspecified atom stereocenters. The van der Waals surface area contributed by atoms with E-state index >= 15 is 0 Å². The van der Waals surface area contributed by atoms with Crippen molar-refractivity contribution in [1.29, 1.82) is 0 Å². The first-order valence-corrected chi connectivity index (χ1v) is 8.80. The fourth-order valence-corrected chi connectivity index (χ4v) is 3.40. The predicted molar refractivity (Wildman–Crippen MR) is 85.8 cm³/mol. The highest BCUT2D eigenvalue weighted by molar-refractivity contribution is 4.99. The maximum absolute atomic E-state index is 6.09. The van der Waals surface area contributed by atoms with Gasteiger partial charge in [0.1, 0.15) is 24.4 Å². The Kier molecular flexibility index (Phi) is 5.72. The Morgan fingerprint density at radius 2 is 1.68 bits per heavy atom. The lowest BCUT2D eigenvalue weighted by molar-refractivity contribution is -0.285. The number of rotatable bonds is 7. The minimum Gasteiger partial charge on any atom is -0.382 e. The Labute approximate surface area is 148 Å². The van der Waals surface area contributed by atoms with Gasteiger partial charge in [-0.15, -0.1) is 0 Å². The van der Waals surface area contributed by atoms with Crippen LogP contribution < -0.4 is 0 Å². The first-order chi connectivity index (χ1) is 11.7. The lowest BCUT2D eigenvalue weighted by atomic mass is 10.1. The molecule has 3 aliphatic heterocycles. The number of methoxy groups -OCH3 is 1. The Morgan fingerprint density at radius 1 is 0.960 bits per heavy atom. The molecule has 0 aliphatic carbocycles. The molecule has 3 rings (SSSR count). The Balaban J connectivity index is 1.64. The maximum atomic E-state index is 6.09. The third kappa shape index (κ3) is 4.51. The van der Waals surface area contributed by atoms with Crippen molar-refractivity contribution < 1.29 is 37.9 Å². The highest BCUT2D eigenvalue weighted by Gasteiger charge is 2.59. The largest absolute Gasteiger partial charge is 0.382 e. The van der Waals surface area contributed by atoms with Crippen molar-refractivity contribution in [3.63, 3.8) is 0 Å². The third-order valence-corrected chi connectivity index (χ3v) is 4.41. The van der Waals surface area contributed by atoms with E-state index < -0.39 is 24.2 Å². The maximum Gasteiger partial charge on any atom is 0.190 e. The van der Waals surface area contributed by atoms with Crippen molar-refractivity contribution in [2.45, 2.75) is 83.2 Å². The molecular formula is C17H30O8. The van der Waals surface area contributed by atoms with E-state index in [-0.39, 0.29) is 24.4 Å². The molecule has 0 N–H and O–H groups in total. The van der Waals surface area contributed by atoms with Gasteiger partial charge in [0.25, 0.3) is 0 Å². The summed E-state index contributed by atoms with van der Waals surface area (Å²) in [6, 6.07) is 0. The van der Waals surface area contributed by atoms with Gasteiger partial charge in [-0.05, 0) is 34.6 Å². The SMILES string of the molecule is COCCOC(C)OC1OC(C2COC(C)(C)O2)C2OC(C)(C)OC12. The van der Waals surface area contributed by atoms with Gasteiger partial charge in [0.05, 0.1) is 19.8 Å². The van der Waals surface area contributed by atoms with Crippen LogP contribution in [-0.2, 0) is 37.9 Å². The van der Waals surface area contributed by atoms with Crippen LogP contribution in [0.1, 0.15) is 34.6 Å². The molecule has 25 heavy (non-hydrogen) atoms. The zero-order valence-electron chi connectivity index (χ0n) is 15.9. The van der Waals surface area contributed by atoms with Gasteiger partial charge in [-0.3, -0.25) is 0 Å². The zero-order chi connectivity index (χ0) is 18.2. The van der Waals surface area contributed by atoms with Crippen LogP contribution in [0.2, 0.25) is 0 Å². The van der Waals surface area contributed by atoms with Crippen molar-refractivity contribution in [3.8, 4) is 0 Å². The van der Waals surface area contributed by atoms with E-state index in [2.05, 4.69) is 0 Å². The molecule has 146 valence electrons. The minimum absolute atomic E-state index is 0.238. The van der Waals surface area contributed by atoms with Crippen LogP contribution in [0, 0.1) is 0 Å². The summed E-state index contributed by atoms with van der Waals surface area (Å²) in [5.74, 6) is -1.33. The molecule has 3 fully saturated rings. The lowest BCUT2D eigenvalue weighted by Crippen LogP contribution is -2.40. The van der Waals surface area contributed by atoms with Crippen LogP contribution >= 0.6 is 0 Å². The normalized spacial score (nSPS) is 40.3. The summed E-state index contributed by atoms with van der Waals surface area (Å²) in [5, 5.41) is 0. The molecule has 0 saturated carbocycles. The van der Waals surface area contributed by atoms with E-state index in [0.29, 0.717) is 19.8 Å². The highest BCUT2D eigenvalue weighted by Crippen LogP contribution is 2.42. The average Bonchev–Trinajstić information content (AvgIpc) is 3.11. The number of hydrogen-bond acceptors (Lipinski definition) is 8. The standard InChI is InChI=1S/C17H30O8/c1-10(19-8-7-18-6)21-15-14-13(24-17(4,5)25-14)12(22-15)11-9-20-16(2,3)23-11/h10-15H,7-9H2,1-6H3. The summed E-state index contributed by atoms with van der Waals surface area (Å²) in [5.41, 5.74) is 0. The number of ether oxygens (including phenoxy) is 8. The first kappa shape index (κ1) is 19.4. The van der Waals surface area contributed by atoms with Crippen LogP contribution in [0.4, 0.5) is 0 Å². The molecule has 0 spiro atoms. The molecule has 6 atom stereocenters. The van der Waals surface area contributed by atoms with Crippen LogP contribution in [0.15, 0.2) is 0 Å². The molecule has 3 saturated heterocycles. The molecule has 8 nitrogen and oxygen atoms in total. The molecule has 0 radical (unpaired) electrons. The van der Waals surface area contributed by atoms with Crippen molar-refractivity contribution >= 4 is 0 Å². The van der Waals surface area contributed by atoms with E-state index in [1.807, 2.05) is 34.6 Å². The smallest absolute Gasteiger partial charge is 0.190 e. The second kappa shape index (κ2) is 7.36. The minimum atomic E-state index is -0.700. The average molecular weight is 362 g/mol. The summed E-state index contributed by atoms with van der Waals surface area (Å²) in [6.45, 7) is 10.7. The fraction of sp³-hybridized carbons (Fsp3) is 1.00. The van der Waals surface area contributed by atoms with Gasteiger partial charge in [0, 0.05) is 7.11 Å². The molecule has 0 aromatic rings. The summed E-state index contributed by atoms with van der Waals surface area (Å²) >= 11 is 0. The van der Waals surface area contributed by atoms with E-state index in [1.165, 1.54) is 0 Å². The lowest BCUT2D eigenvalue weighted by Gasteiger charge is -2.27. The monoisotopic (exact) mass is 362 g/mol. The van der Waals surface area contributed by atoms with Crippen molar-refractivity contribution in [2.24, 2.45) is 0 Å². The van der Waals surface area contributed by atoms with E-state index in [9.17, 15) is 0 Å². The van der Waals surface area contributed by atoms with Crippen molar-refractivity contribution in [1.82, 2.24) is 0 Å². The molecule has 3 aliphatic rings. The Bertz CT molecular complexity index is 454. The summed E-state index contributed by atoms with van der Waals surface area (Å²) in [6.07, 6.45) is -2.25. The van der Waals surface area contributed by atoms with Gasteiger partial charge < -0.3 is 37.9 Å². The molecule has 0 amide bonds. The molecule has 8 heteroatoms. The molecular weight excluding hydrogens is 332 g/mol. The van der Waals surface area contributed by atoms with Gasteiger partial charge in [-0.2, -0.15) is 0 Å². The van der Waals surface area contributed by atoms with Gasteiger partial charge in [0.15, 0.2) is 24.2 Å². The molecule has 0 bridgehead atoms. The topological polar surface area (TPSA) is 73.8 Å². The summed E-state index contributed by atoms with van der Waals surface area (Å²) in [7, 11) is 1.63. The van der Waals surface area contributed by atoms with Gasteiger partial charge in [-0.1, -0.05) is 0 Å². The van der Waals surface area contributed by atoms with E-state index in [4.69, 9.17) is 37.9 Å².